The standard InChI is InChI=1S/C15H22N2O2/c1-3-15(17-6-9-18-10-7-17)4-2-14(1)16-11-13-5-8-19-12-13/h1-4,13,16H,5-12H2. The Morgan fingerprint density at radius 3 is 2.53 bits per heavy atom. The quantitative estimate of drug-likeness (QED) is 0.899. The van der Waals surface area contributed by atoms with E-state index in [0.29, 0.717) is 5.92 Å². The fourth-order valence-electron chi connectivity index (χ4n) is 2.62. The second-order valence-electron chi connectivity index (χ2n) is 5.26. The van der Waals surface area contributed by atoms with Gasteiger partial charge in [-0.25, -0.2) is 0 Å². The molecule has 104 valence electrons. The monoisotopic (exact) mass is 262 g/mol. The van der Waals surface area contributed by atoms with Crippen molar-refractivity contribution in [1.29, 1.82) is 0 Å². The molecule has 19 heavy (non-hydrogen) atoms. The molecule has 0 radical (unpaired) electrons. The maximum Gasteiger partial charge on any atom is 0.0642 e. The maximum absolute atomic E-state index is 5.39. The van der Waals surface area contributed by atoms with E-state index in [1.807, 2.05) is 0 Å². The Labute approximate surface area is 114 Å². The van der Waals surface area contributed by atoms with Gasteiger partial charge < -0.3 is 19.7 Å². The molecule has 3 rings (SSSR count). The Kier molecular flexibility index (Phi) is 4.20. The third-order valence-corrected chi connectivity index (χ3v) is 3.86. The van der Waals surface area contributed by atoms with E-state index < -0.39 is 0 Å². The average Bonchev–Trinajstić information content (AvgIpc) is 3.00. The van der Waals surface area contributed by atoms with Crippen LogP contribution < -0.4 is 10.2 Å². The van der Waals surface area contributed by atoms with Crippen molar-refractivity contribution in [3.63, 3.8) is 0 Å². The third-order valence-electron chi connectivity index (χ3n) is 3.86. The van der Waals surface area contributed by atoms with E-state index in [-0.39, 0.29) is 0 Å². The van der Waals surface area contributed by atoms with Crippen LogP contribution in [0.4, 0.5) is 11.4 Å². The van der Waals surface area contributed by atoms with E-state index in [1.165, 1.54) is 17.8 Å². The third kappa shape index (κ3) is 3.39. The summed E-state index contributed by atoms with van der Waals surface area (Å²) in [6.07, 6.45) is 1.18. The molecule has 1 atom stereocenters. The highest BCUT2D eigenvalue weighted by Gasteiger charge is 2.15. The van der Waals surface area contributed by atoms with Gasteiger partial charge in [-0.2, -0.15) is 0 Å². The Morgan fingerprint density at radius 2 is 1.84 bits per heavy atom. The summed E-state index contributed by atoms with van der Waals surface area (Å²) in [5.74, 6) is 0.666. The first kappa shape index (κ1) is 12.8. The Morgan fingerprint density at radius 1 is 1.05 bits per heavy atom. The van der Waals surface area contributed by atoms with E-state index in [1.54, 1.807) is 0 Å². The van der Waals surface area contributed by atoms with E-state index in [2.05, 4.69) is 34.5 Å². The van der Waals surface area contributed by atoms with Crippen molar-refractivity contribution in [3.8, 4) is 0 Å². The molecule has 2 aliphatic heterocycles. The molecule has 0 aromatic heterocycles. The zero-order chi connectivity index (χ0) is 12.9. The molecule has 1 aromatic carbocycles. The summed E-state index contributed by atoms with van der Waals surface area (Å²) in [4.78, 5) is 2.37. The molecule has 2 aliphatic rings. The molecule has 4 heteroatoms. The van der Waals surface area contributed by atoms with Crippen LogP contribution >= 0.6 is 0 Å². The van der Waals surface area contributed by atoms with Gasteiger partial charge in [0, 0.05) is 43.5 Å². The molecule has 4 nitrogen and oxygen atoms in total. The molecule has 0 spiro atoms. The van der Waals surface area contributed by atoms with Gasteiger partial charge in [0.2, 0.25) is 0 Å². The summed E-state index contributed by atoms with van der Waals surface area (Å²) in [6, 6.07) is 8.72. The number of nitrogens with one attached hydrogen (secondary N) is 1. The van der Waals surface area contributed by atoms with Crippen molar-refractivity contribution >= 4 is 11.4 Å². The minimum atomic E-state index is 0.666. The molecule has 0 amide bonds. The minimum Gasteiger partial charge on any atom is -0.385 e. The van der Waals surface area contributed by atoms with Crippen molar-refractivity contribution in [2.75, 3.05) is 56.3 Å². The molecule has 0 bridgehead atoms. The first-order valence-corrected chi connectivity index (χ1v) is 7.16. The summed E-state index contributed by atoms with van der Waals surface area (Å²) < 4.78 is 10.8. The van der Waals surface area contributed by atoms with Gasteiger partial charge >= 0.3 is 0 Å². The number of ether oxygens (including phenoxy) is 2. The number of morpholine rings is 1. The molecule has 2 heterocycles. The maximum atomic E-state index is 5.39. The molecule has 1 N–H and O–H groups in total. The van der Waals surface area contributed by atoms with Crippen LogP contribution in [0.15, 0.2) is 24.3 Å². The van der Waals surface area contributed by atoms with E-state index >= 15 is 0 Å². The second kappa shape index (κ2) is 6.26. The van der Waals surface area contributed by atoms with Gasteiger partial charge in [0.1, 0.15) is 0 Å². The van der Waals surface area contributed by atoms with Crippen molar-refractivity contribution < 1.29 is 9.47 Å². The Hall–Kier alpha value is -1.26. The lowest BCUT2D eigenvalue weighted by atomic mass is 10.1. The highest BCUT2D eigenvalue weighted by molar-refractivity contribution is 5.55. The fraction of sp³-hybridized carbons (Fsp3) is 0.600. The van der Waals surface area contributed by atoms with E-state index in [0.717, 1.165) is 46.1 Å². The first-order chi connectivity index (χ1) is 9.42. The highest BCUT2D eigenvalue weighted by atomic mass is 16.5. The fourth-order valence-corrected chi connectivity index (χ4v) is 2.62. The summed E-state index contributed by atoms with van der Waals surface area (Å²) >= 11 is 0. The molecule has 1 unspecified atom stereocenters. The van der Waals surface area contributed by atoms with Crippen LogP contribution in [0.1, 0.15) is 6.42 Å². The second-order valence-corrected chi connectivity index (χ2v) is 5.26. The van der Waals surface area contributed by atoms with Gasteiger partial charge in [0.05, 0.1) is 19.8 Å². The average molecular weight is 262 g/mol. The van der Waals surface area contributed by atoms with Crippen LogP contribution in [0.25, 0.3) is 0 Å². The van der Waals surface area contributed by atoms with Crippen molar-refractivity contribution in [1.82, 2.24) is 0 Å². The summed E-state index contributed by atoms with van der Waals surface area (Å²) in [7, 11) is 0. The Balaban J connectivity index is 1.52. The van der Waals surface area contributed by atoms with Gasteiger partial charge in [-0.3, -0.25) is 0 Å². The number of benzene rings is 1. The van der Waals surface area contributed by atoms with E-state index in [9.17, 15) is 0 Å². The van der Waals surface area contributed by atoms with Crippen LogP contribution in [-0.4, -0.2) is 46.1 Å². The summed E-state index contributed by atoms with van der Waals surface area (Å²) in [6.45, 7) is 6.49. The van der Waals surface area contributed by atoms with Crippen LogP contribution in [0.5, 0.6) is 0 Å². The predicted octanol–water partition coefficient (Wildman–Crippen LogP) is 1.97. The minimum absolute atomic E-state index is 0.666. The molecule has 0 aliphatic carbocycles. The Bertz CT molecular complexity index is 382. The molecular formula is C15H22N2O2. The normalized spacial score (nSPS) is 23.6. The molecule has 0 saturated carbocycles. The van der Waals surface area contributed by atoms with Crippen molar-refractivity contribution in [2.45, 2.75) is 6.42 Å². The van der Waals surface area contributed by atoms with Crippen LogP contribution in [0.3, 0.4) is 0 Å². The van der Waals surface area contributed by atoms with Crippen LogP contribution in [0.2, 0.25) is 0 Å². The van der Waals surface area contributed by atoms with Crippen LogP contribution in [-0.2, 0) is 9.47 Å². The predicted molar refractivity (Wildman–Crippen MR) is 76.9 cm³/mol. The number of hydrogen-bond acceptors (Lipinski definition) is 4. The smallest absolute Gasteiger partial charge is 0.0642 e. The topological polar surface area (TPSA) is 33.7 Å². The number of anilines is 2. The van der Waals surface area contributed by atoms with Crippen molar-refractivity contribution in [2.24, 2.45) is 5.92 Å². The lowest BCUT2D eigenvalue weighted by Gasteiger charge is -2.29. The highest BCUT2D eigenvalue weighted by Crippen LogP contribution is 2.20. The molecule has 2 fully saturated rings. The summed E-state index contributed by atoms with van der Waals surface area (Å²) in [5, 5.41) is 3.49. The summed E-state index contributed by atoms with van der Waals surface area (Å²) in [5.41, 5.74) is 2.49. The van der Waals surface area contributed by atoms with Gasteiger partial charge in [-0.15, -0.1) is 0 Å². The van der Waals surface area contributed by atoms with Crippen molar-refractivity contribution in [3.05, 3.63) is 24.3 Å². The lowest BCUT2D eigenvalue weighted by Crippen LogP contribution is -2.36. The number of hydrogen-bond donors (Lipinski definition) is 1. The van der Waals surface area contributed by atoms with E-state index in [4.69, 9.17) is 9.47 Å². The molecular weight excluding hydrogens is 240 g/mol. The zero-order valence-electron chi connectivity index (χ0n) is 11.3. The lowest BCUT2D eigenvalue weighted by molar-refractivity contribution is 0.122. The van der Waals surface area contributed by atoms with Gasteiger partial charge in [-0.05, 0) is 30.7 Å². The molecule has 1 aromatic rings. The first-order valence-electron chi connectivity index (χ1n) is 7.16. The molecule has 2 saturated heterocycles. The van der Waals surface area contributed by atoms with Gasteiger partial charge in [0.25, 0.3) is 0 Å². The SMILES string of the molecule is c1cc(N2CCOCC2)ccc1NCC1CCOC1. The van der Waals surface area contributed by atoms with Crippen LogP contribution in [0, 0.1) is 5.92 Å². The number of rotatable bonds is 4. The van der Waals surface area contributed by atoms with Gasteiger partial charge in [-0.1, -0.05) is 0 Å². The number of nitrogens with zero attached hydrogens (tertiary/aromatic N) is 1. The van der Waals surface area contributed by atoms with Gasteiger partial charge in [0.15, 0.2) is 0 Å². The largest absolute Gasteiger partial charge is 0.385 e. The zero-order valence-corrected chi connectivity index (χ0v) is 11.3.